The van der Waals surface area contributed by atoms with Crippen molar-refractivity contribution in [3.8, 4) is 0 Å². The summed E-state index contributed by atoms with van der Waals surface area (Å²) in [5.74, 6) is -0.175. The van der Waals surface area contributed by atoms with Crippen molar-refractivity contribution in [1.82, 2.24) is 10.6 Å². The summed E-state index contributed by atoms with van der Waals surface area (Å²) >= 11 is 0. The van der Waals surface area contributed by atoms with Crippen LogP contribution in [0.2, 0.25) is 0 Å². The first kappa shape index (κ1) is 11.7. The Labute approximate surface area is 106 Å². The van der Waals surface area contributed by atoms with E-state index in [4.69, 9.17) is 5.11 Å². The summed E-state index contributed by atoms with van der Waals surface area (Å²) in [7, 11) is 0. The third kappa shape index (κ3) is 2.02. The fraction of sp³-hybridized carbons (Fsp3) is 0.500. The molecule has 1 aliphatic carbocycles. The molecular weight excluding hydrogens is 228 g/mol. The lowest BCUT2D eigenvalue weighted by Crippen LogP contribution is -2.69. The molecule has 1 atom stereocenters. The van der Waals surface area contributed by atoms with Gasteiger partial charge in [-0.05, 0) is 17.5 Å². The van der Waals surface area contributed by atoms with E-state index >= 15 is 0 Å². The summed E-state index contributed by atoms with van der Waals surface area (Å²) in [5, 5.41) is 15.6. The summed E-state index contributed by atoms with van der Waals surface area (Å²) in [5.41, 5.74) is 2.63. The largest absolute Gasteiger partial charge is 0.481 e. The van der Waals surface area contributed by atoms with Gasteiger partial charge in [-0.15, -0.1) is 0 Å². The van der Waals surface area contributed by atoms with Crippen LogP contribution in [0.25, 0.3) is 0 Å². The quantitative estimate of drug-likeness (QED) is 0.717. The second-order valence-corrected chi connectivity index (χ2v) is 5.44. The minimum atomic E-state index is -0.724. The normalized spacial score (nSPS) is 23.7. The van der Waals surface area contributed by atoms with Gasteiger partial charge in [0, 0.05) is 25.6 Å². The number of carbonyl (C=O) groups is 1. The van der Waals surface area contributed by atoms with Gasteiger partial charge >= 0.3 is 5.97 Å². The molecule has 1 aromatic rings. The van der Waals surface area contributed by atoms with Gasteiger partial charge in [-0.2, -0.15) is 0 Å². The highest BCUT2D eigenvalue weighted by Gasteiger charge is 2.39. The predicted molar refractivity (Wildman–Crippen MR) is 68.7 cm³/mol. The number of fused-ring (bicyclic) bond motifs is 1. The third-order valence-electron chi connectivity index (χ3n) is 4.10. The van der Waals surface area contributed by atoms with Gasteiger partial charge in [0.2, 0.25) is 0 Å². The molecule has 4 heteroatoms. The van der Waals surface area contributed by atoms with E-state index in [1.807, 2.05) is 0 Å². The molecule has 96 valence electrons. The van der Waals surface area contributed by atoms with Crippen molar-refractivity contribution in [2.24, 2.45) is 0 Å². The molecule has 0 aromatic heterocycles. The maximum atomic E-state index is 10.9. The maximum absolute atomic E-state index is 10.9. The third-order valence-corrected chi connectivity index (χ3v) is 4.10. The number of carboxylic acid groups (broad SMARTS) is 1. The molecule has 3 rings (SSSR count). The molecule has 0 amide bonds. The number of carboxylic acids is 1. The van der Waals surface area contributed by atoms with Crippen LogP contribution >= 0.6 is 0 Å². The van der Waals surface area contributed by atoms with Crippen LogP contribution in [-0.4, -0.2) is 36.2 Å². The van der Waals surface area contributed by atoms with E-state index in [0.717, 1.165) is 26.1 Å². The molecule has 2 aliphatic rings. The fourth-order valence-electron chi connectivity index (χ4n) is 2.91. The van der Waals surface area contributed by atoms with E-state index in [2.05, 4.69) is 34.9 Å². The molecule has 1 aromatic carbocycles. The van der Waals surface area contributed by atoms with E-state index in [1.54, 1.807) is 0 Å². The van der Waals surface area contributed by atoms with E-state index in [-0.39, 0.29) is 12.0 Å². The number of hydrogen-bond donors (Lipinski definition) is 3. The highest BCUT2D eigenvalue weighted by Crippen LogP contribution is 2.34. The van der Waals surface area contributed by atoms with Crippen LogP contribution in [0, 0.1) is 0 Å². The van der Waals surface area contributed by atoms with Crippen LogP contribution in [0.4, 0.5) is 0 Å². The minimum Gasteiger partial charge on any atom is -0.481 e. The Hall–Kier alpha value is -1.39. The lowest BCUT2D eigenvalue weighted by atomic mass is 9.77. The summed E-state index contributed by atoms with van der Waals surface area (Å²) in [6, 6.07) is 8.49. The standard InChI is InChI=1S/C14H18N2O2/c17-13(18)6-14(8-15-9-14)16-7-11-5-10-3-1-2-4-12(10)11/h1-4,11,15-16H,5-9H2,(H,17,18). The summed E-state index contributed by atoms with van der Waals surface area (Å²) in [6.45, 7) is 2.40. The van der Waals surface area contributed by atoms with Crippen molar-refractivity contribution in [1.29, 1.82) is 0 Å². The first-order valence-electron chi connectivity index (χ1n) is 6.44. The monoisotopic (exact) mass is 246 g/mol. The minimum absolute atomic E-state index is 0.203. The van der Waals surface area contributed by atoms with Gasteiger partial charge in [0.15, 0.2) is 0 Å². The van der Waals surface area contributed by atoms with E-state index in [0.29, 0.717) is 5.92 Å². The molecule has 0 saturated carbocycles. The first-order chi connectivity index (χ1) is 8.69. The van der Waals surface area contributed by atoms with Crippen LogP contribution in [0.1, 0.15) is 23.5 Å². The first-order valence-corrected chi connectivity index (χ1v) is 6.44. The number of nitrogens with one attached hydrogen (secondary N) is 2. The second kappa shape index (κ2) is 4.37. The van der Waals surface area contributed by atoms with E-state index in [9.17, 15) is 4.79 Å². The average Bonchev–Trinajstić information content (AvgIpc) is 2.26. The molecule has 1 unspecified atom stereocenters. The molecule has 1 heterocycles. The molecule has 0 radical (unpaired) electrons. The van der Waals surface area contributed by atoms with Gasteiger partial charge in [-0.3, -0.25) is 4.79 Å². The van der Waals surface area contributed by atoms with Gasteiger partial charge in [0.05, 0.1) is 12.0 Å². The summed E-state index contributed by atoms with van der Waals surface area (Å²) < 4.78 is 0. The molecular formula is C14H18N2O2. The van der Waals surface area contributed by atoms with Crippen LogP contribution in [0.3, 0.4) is 0 Å². The smallest absolute Gasteiger partial charge is 0.305 e. The Morgan fingerprint density at radius 2 is 2.22 bits per heavy atom. The Morgan fingerprint density at radius 3 is 2.83 bits per heavy atom. The van der Waals surface area contributed by atoms with Crippen LogP contribution in [0.15, 0.2) is 24.3 Å². The van der Waals surface area contributed by atoms with Crippen molar-refractivity contribution in [2.45, 2.75) is 24.3 Å². The lowest BCUT2D eigenvalue weighted by Gasteiger charge is -2.44. The molecule has 18 heavy (non-hydrogen) atoms. The Morgan fingerprint density at radius 1 is 1.44 bits per heavy atom. The molecule has 1 aliphatic heterocycles. The molecule has 3 N–H and O–H groups in total. The zero-order valence-corrected chi connectivity index (χ0v) is 10.3. The maximum Gasteiger partial charge on any atom is 0.305 e. The van der Waals surface area contributed by atoms with Gasteiger partial charge in [-0.25, -0.2) is 0 Å². The zero-order valence-electron chi connectivity index (χ0n) is 10.3. The lowest BCUT2D eigenvalue weighted by molar-refractivity contribution is -0.139. The van der Waals surface area contributed by atoms with Crippen molar-refractivity contribution >= 4 is 5.97 Å². The van der Waals surface area contributed by atoms with E-state index in [1.165, 1.54) is 11.1 Å². The van der Waals surface area contributed by atoms with Gasteiger partial charge in [0.25, 0.3) is 0 Å². The SMILES string of the molecule is O=C(O)CC1(NCC2Cc3ccccc32)CNC1. The van der Waals surface area contributed by atoms with Gasteiger partial charge < -0.3 is 15.7 Å². The Kier molecular flexibility index (Phi) is 2.84. The average molecular weight is 246 g/mol. The van der Waals surface area contributed by atoms with Gasteiger partial charge in [-0.1, -0.05) is 24.3 Å². The molecule has 0 spiro atoms. The second-order valence-electron chi connectivity index (χ2n) is 5.44. The summed E-state index contributed by atoms with van der Waals surface area (Å²) in [6.07, 6.45) is 1.31. The Balaban J connectivity index is 1.58. The van der Waals surface area contributed by atoms with Crippen molar-refractivity contribution in [2.75, 3.05) is 19.6 Å². The zero-order chi connectivity index (χ0) is 12.6. The number of rotatable bonds is 5. The highest BCUT2D eigenvalue weighted by atomic mass is 16.4. The van der Waals surface area contributed by atoms with Crippen molar-refractivity contribution in [3.63, 3.8) is 0 Å². The number of aliphatic carboxylic acids is 1. The van der Waals surface area contributed by atoms with Crippen molar-refractivity contribution in [3.05, 3.63) is 35.4 Å². The highest BCUT2D eigenvalue weighted by molar-refractivity contribution is 5.68. The van der Waals surface area contributed by atoms with Gasteiger partial charge in [0.1, 0.15) is 0 Å². The number of hydrogen-bond acceptors (Lipinski definition) is 3. The topological polar surface area (TPSA) is 61.4 Å². The molecule has 1 fully saturated rings. The van der Waals surface area contributed by atoms with Crippen LogP contribution in [0.5, 0.6) is 0 Å². The Bertz CT molecular complexity index is 469. The van der Waals surface area contributed by atoms with Crippen LogP contribution in [-0.2, 0) is 11.2 Å². The molecule has 1 saturated heterocycles. The fourth-order valence-corrected chi connectivity index (χ4v) is 2.91. The van der Waals surface area contributed by atoms with Crippen molar-refractivity contribution < 1.29 is 9.90 Å². The molecule has 4 nitrogen and oxygen atoms in total. The van der Waals surface area contributed by atoms with E-state index < -0.39 is 5.97 Å². The predicted octanol–water partition coefficient (Wildman–Crippen LogP) is 0.733. The molecule has 0 bridgehead atoms. The van der Waals surface area contributed by atoms with Crippen LogP contribution < -0.4 is 10.6 Å². The number of benzene rings is 1. The summed E-state index contributed by atoms with van der Waals surface area (Å²) in [4.78, 5) is 10.9.